The predicted molar refractivity (Wildman–Crippen MR) is 39.8 cm³/mol. The second kappa shape index (κ2) is 3.28. The van der Waals surface area contributed by atoms with Crippen molar-refractivity contribution in [3.05, 3.63) is 0 Å². The lowest BCUT2D eigenvalue weighted by Crippen LogP contribution is -2.04. The minimum atomic E-state index is 0.788. The molecular formula is C7H15Si. The molecule has 0 saturated heterocycles. The largest absolute Gasteiger partial charge is 0.0739 e. The van der Waals surface area contributed by atoms with Crippen LogP contribution in [-0.4, -0.2) is 9.52 Å². The highest BCUT2D eigenvalue weighted by molar-refractivity contribution is 6.35. The summed E-state index contributed by atoms with van der Waals surface area (Å²) in [4.78, 5) is 0. The van der Waals surface area contributed by atoms with Gasteiger partial charge in [0.05, 0.1) is 0 Å². The lowest BCUT2D eigenvalue weighted by atomic mass is 10.0. The average molecular weight is 127 g/mol. The third-order valence-corrected chi connectivity index (χ3v) is 3.73. The van der Waals surface area contributed by atoms with E-state index in [1.807, 2.05) is 0 Å². The Kier molecular flexibility index (Phi) is 2.60. The first kappa shape index (κ1) is 6.34. The molecule has 0 aliphatic heterocycles. The third-order valence-electron chi connectivity index (χ3n) is 2.12. The third kappa shape index (κ3) is 1.62. The Morgan fingerprint density at radius 1 is 1.12 bits per heavy atom. The molecule has 0 heterocycles. The second-order valence-electron chi connectivity index (χ2n) is 2.73. The van der Waals surface area contributed by atoms with Gasteiger partial charge in [0, 0.05) is 9.52 Å². The Morgan fingerprint density at radius 3 is 2.12 bits per heavy atom. The van der Waals surface area contributed by atoms with E-state index in [2.05, 4.69) is 6.55 Å². The molecule has 0 aromatic heterocycles. The van der Waals surface area contributed by atoms with E-state index in [1.165, 1.54) is 24.8 Å². The van der Waals surface area contributed by atoms with Crippen LogP contribution in [0.2, 0.25) is 12.1 Å². The van der Waals surface area contributed by atoms with Gasteiger partial charge in [-0.3, -0.25) is 0 Å². The minimum absolute atomic E-state index is 0.788. The average Bonchev–Trinajstić information content (AvgIpc) is 1.90. The lowest BCUT2D eigenvalue weighted by molar-refractivity contribution is 0.501. The molecular weight excluding hydrogens is 112 g/mol. The van der Waals surface area contributed by atoms with Gasteiger partial charge >= 0.3 is 0 Å². The van der Waals surface area contributed by atoms with Crippen molar-refractivity contribution in [1.82, 2.24) is 0 Å². The number of rotatable bonds is 1. The molecule has 0 spiro atoms. The molecule has 1 radical (unpaired) electrons. The molecule has 0 aromatic rings. The van der Waals surface area contributed by atoms with Crippen LogP contribution in [0.25, 0.3) is 0 Å². The fourth-order valence-electron chi connectivity index (χ4n) is 1.47. The highest BCUT2D eigenvalue weighted by atomic mass is 28.2. The molecule has 0 amide bonds. The summed E-state index contributed by atoms with van der Waals surface area (Å²) in [6.07, 6.45) is 7.64. The van der Waals surface area contributed by atoms with Crippen LogP contribution in [0, 0.1) is 0 Å². The fraction of sp³-hybridized carbons (Fsp3) is 1.00. The maximum absolute atomic E-state index is 2.40. The summed E-state index contributed by atoms with van der Waals surface area (Å²) in [5.74, 6) is 0. The van der Waals surface area contributed by atoms with Gasteiger partial charge in [-0.05, 0) is 0 Å². The van der Waals surface area contributed by atoms with Crippen LogP contribution in [0.3, 0.4) is 0 Å². The van der Waals surface area contributed by atoms with Crippen molar-refractivity contribution < 1.29 is 0 Å². The standard InChI is InChI=1S/C7H15Si/c1-8-7-5-3-2-4-6-7/h7-8H,2-6H2,1H3. The lowest BCUT2D eigenvalue weighted by Gasteiger charge is -2.18. The molecule has 1 saturated carbocycles. The predicted octanol–water partition coefficient (Wildman–Crippen LogP) is 2.22. The van der Waals surface area contributed by atoms with Crippen molar-refractivity contribution >= 4 is 9.52 Å². The zero-order valence-electron chi connectivity index (χ0n) is 5.69. The molecule has 0 nitrogen and oxygen atoms in total. The summed E-state index contributed by atoms with van der Waals surface area (Å²) >= 11 is 0. The fourth-order valence-corrected chi connectivity index (χ4v) is 2.61. The first-order valence-corrected chi connectivity index (χ1v) is 5.55. The van der Waals surface area contributed by atoms with Crippen LogP contribution in [0.4, 0.5) is 0 Å². The van der Waals surface area contributed by atoms with Crippen LogP contribution >= 0.6 is 0 Å². The summed E-state index contributed by atoms with van der Waals surface area (Å²) in [6, 6.07) is 0. The van der Waals surface area contributed by atoms with Gasteiger partial charge in [0.25, 0.3) is 0 Å². The van der Waals surface area contributed by atoms with Crippen molar-refractivity contribution in [2.75, 3.05) is 0 Å². The molecule has 0 aromatic carbocycles. The van der Waals surface area contributed by atoms with E-state index in [0.717, 1.165) is 9.52 Å². The monoisotopic (exact) mass is 127 g/mol. The van der Waals surface area contributed by atoms with E-state index in [-0.39, 0.29) is 0 Å². The van der Waals surface area contributed by atoms with Crippen molar-refractivity contribution in [3.8, 4) is 0 Å². The molecule has 0 atom stereocenters. The van der Waals surface area contributed by atoms with Crippen LogP contribution in [0.1, 0.15) is 32.1 Å². The molecule has 1 heteroatoms. The number of hydrogen-bond acceptors (Lipinski definition) is 0. The Labute approximate surface area is 54.5 Å². The van der Waals surface area contributed by atoms with Crippen LogP contribution in [0.15, 0.2) is 0 Å². The van der Waals surface area contributed by atoms with Crippen molar-refractivity contribution in [1.29, 1.82) is 0 Å². The van der Waals surface area contributed by atoms with Gasteiger partial charge < -0.3 is 0 Å². The second-order valence-corrected chi connectivity index (χ2v) is 4.34. The van der Waals surface area contributed by atoms with Crippen LogP contribution < -0.4 is 0 Å². The van der Waals surface area contributed by atoms with E-state index in [9.17, 15) is 0 Å². The quantitative estimate of drug-likeness (QED) is 0.474. The van der Waals surface area contributed by atoms with Crippen molar-refractivity contribution in [3.63, 3.8) is 0 Å². The molecule has 8 heavy (non-hydrogen) atoms. The smallest absolute Gasteiger partial charge is 0.0281 e. The first-order valence-electron chi connectivity index (χ1n) is 3.73. The zero-order chi connectivity index (χ0) is 5.82. The van der Waals surface area contributed by atoms with E-state index in [1.54, 1.807) is 12.8 Å². The van der Waals surface area contributed by atoms with Crippen LogP contribution in [0.5, 0.6) is 0 Å². The van der Waals surface area contributed by atoms with E-state index in [0.29, 0.717) is 0 Å². The van der Waals surface area contributed by atoms with Crippen molar-refractivity contribution in [2.45, 2.75) is 44.2 Å². The van der Waals surface area contributed by atoms with E-state index in [4.69, 9.17) is 0 Å². The Morgan fingerprint density at radius 2 is 1.75 bits per heavy atom. The first-order chi connectivity index (χ1) is 3.93. The molecule has 1 aliphatic rings. The Hall–Kier alpha value is 0.217. The molecule has 47 valence electrons. The molecule has 1 fully saturated rings. The van der Waals surface area contributed by atoms with Gasteiger partial charge in [0.1, 0.15) is 0 Å². The molecule has 1 aliphatic carbocycles. The Balaban J connectivity index is 2.13. The van der Waals surface area contributed by atoms with Gasteiger partial charge in [-0.15, -0.1) is 0 Å². The van der Waals surface area contributed by atoms with Crippen LogP contribution in [-0.2, 0) is 0 Å². The molecule has 1 rings (SSSR count). The SMILES string of the molecule is C[SiH]C1CCCCC1. The highest BCUT2D eigenvalue weighted by Crippen LogP contribution is 2.27. The summed E-state index contributed by atoms with van der Waals surface area (Å²) in [7, 11) is 0.788. The number of hydrogen-bond donors (Lipinski definition) is 0. The maximum Gasteiger partial charge on any atom is 0.0281 e. The summed E-state index contributed by atoms with van der Waals surface area (Å²) in [5, 5.41) is 0. The highest BCUT2D eigenvalue weighted by Gasteiger charge is 2.10. The molecule has 0 unspecified atom stereocenters. The van der Waals surface area contributed by atoms with Gasteiger partial charge in [0.2, 0.25) is 0 Å². The van der Waals surface area contributed by atoms with Crippen molar-refractivity contribution in [2.24, 2.45) is 0 Å². The maximum atomic E-state index is 2.40. The molecule has 0 bridgehead atoms. The van der Waals surface area contributed by atoms with Gasteiger partial charge in [-0.1, -0.05) is 44.2 Å². The topological polar surface area (TPSA) is 0 Å². The van der Waals surface area contributed by atoms with E-state index >= 15 is 0 Å². The van der Waals surface area contributed by atoms with E-state index < -0.39 is 0 Å². The summed E-state index contributed by atoms with van der Waals surface area (Å²) in [5.41, 5.74) is 1.17. The minimum Gasteiger partial charge on any atom is -0.0739 e. The zero-order valence-corrected chi connectivity index (χ0v) is 6.84. The van der Waals surface area contributed by atoms with Gasteiger partial charge in [0.15, 0.2) is 0 Å². The molecule has 0 N–H and O–H groups in total. The van der Waals surface area contributed by atoms with Gasteiger partial charge in [-0.25, -0.2) is 0 Å². The Bertz CT molecular complexity index is 55.4. The summed E-state index contributed by atoms with van der Waals surface area (Å²) < 4.78 is 0. The summed E-state index contributed by atoms with van der Waals surface area (Å²) in [6.45, 7) is 2.40. The van der Waals surface area contributed by atoms with Gasteiger partial charge in [-0.2, -0.15) is 0 Å². The normalized spacial score (nSPS) is 23.6.